The van der Waals surface area contributed by atoms with Crippen LogP contribution in [0.1, 0.15) is 26.7 Å². The van der Waals surface area contributed by atoms with Crippen LogP contribution >= 0.6 is 0 Å². The maximum Gasteiger partial charge on any atom is 0.320 e. The van der Waals surface area contributed by atoms with E-state index in [1.165, 1.54) is 0 Å². The van der Waals surface area contributed by atoms with Gasteiger partial charge in [-0.1, -0.05) is 13.8 Å². The highest BCUT2D eigenvalue weighted by molar-refractivity contribution is 5.88. The van der Waals surface area contributed by atoms with Crippen LogP contribution in [0.3, 0.4) is 0 Å². The number of nitrogens with one attached hydrogen (secondary N) is 2. The number of carbonyl (C=O) groups is 1. The van der Waals surface area contributed by atoms with Gasteiger partial charge in [0.05, 0.1) is 6.54 Å². The van der Waals surface area contributed by atoms with E-state index in [1.54, 1.807) is 0 Å². The van der Waals surface area contributed by atoms with Crippen LogP contribution in [0.25, 0.3) is 0 Å². The van der Waals surface area contributed by atoms with Crippen molar-refractivity contribution in [1.29, 1.82) is 0 Å². The van der Waals surface area contributed by atoms with E-state index in [1.807, 2.05) is 31.0 Å². The van der Waals surface area contributed by atoms with Crippen molar-refractivity contribution in [3.05, 3.63) is 12.3 Å². The minimum atomic E-state index is -0.188. The molecule has 0 aliphatic heterocycles. The van der Waals surface area contributed by atoms with Crippen LogP contribution in [0.15, 0.2) is 12.3 Å². The maximum atomic E-state index is 11.7. The first-order chi connectivity index (χ1) is 9.05. The third-order valence-corrected chi connectivity index (χ3v) is 2.98. The minimum absolute atomic E-state index is 0.188. The summed E-state index contributed by atoms with van der Waals surface area (Å²) in [6.45, 7) is 5.85. The summed E-state index contributed by atoms with van der Waals surface area (Å²) in [5.41, 5.74) is 0. The molecule has 0 spiro atoms. The van der Waals surface area contributed by atoms with Crippen LogP contribution in [-0.4, -0.2) is 47.4 Å². The van der Waals surface area contributed by atoms with E-state index in [4.69, 9.17) is 0 Å². The van der Waals surface area contributed by atoms with E-state index >= 15 is 0 Å². The van der Waals surface area contributed by atoms with Crippen LogP contribution < -0.4 is 10.6 Å². The second-order valence-corrected chi connectivity index (χ2v) is 4.88. The Bertz CT molecular complexity index is 384. The van der Waals surface area contributed by atoms with Gasteiger partial charge in [0, 0.05) is 24.8 Å². The molecular formula is C13H25N5O. The van der Waals surface area contributed by atoms with Crippen molar-refractivity contribution in [2.45, 2.75) is 39.3 Å². The van der Waals surface area contributed by atoms with E-state index in [0.717, 1.165) is 25.9 Å². The highest BCUT2D eigenvalue weighted by Crippen LogP contribution is 2.03. The SMILES string of the molecule is CCC(CC)NC(=O)Nc1ccn(CCN(C)C)n1. The molecule has 0 aliphatic rings. The van der Waals surface area contributed by atoms with Crippen LogP contribution in [0.5, 0.6) is 0 Å². The lowest BCUT2D eigenvalue weighted by Gasteiger charge is -2.14. The van der Waals surface area contributed by atoms with Crippen LogP contribution in [0.4, 0.5) is 10.6 Å². The van der Waals surface area contributed by atoms with Crippen LogP contribution in [0.2, 0.25) is 0 Å². The third-order valence-electron chi connectivity index (χ3n) is 2.98. The Labute approximate surface area is 115 Å². The lowest BCUT2D eigenvalue weighted by molar-refractivity contribution is 0.247. The van der Waals surface area contributed by atoms with Gasteiger partial charge in [-0.2, -0.15) is 5.10 Å². The molecule has 2 amide bonds. The van der Waals surface area contributed by atoms with Crippen molar-refractivity contribution in [2.24, 2.45) is 0 Å². The topological polar surface area (TPSA) is 62.2 Å². The fourth-order valence-electron chi connectivity index (χ4n) is 1.69. The molecule has 0 aromatic carbocycles. The Kier molecular flexibility index (Phi) is 6.35. The van der Waals surface area contributed by atoms with E-state index in [9.17, 15) is 4.79 Å². The van der Waals surface area contributed by atoms with E-state index in [2.05, 4.69) is 34.5 Å². The van der Waals surface area contributed by atoms with Gasteiger partial charge >= 0.3 is 6.03 Å². The molecule has 0 atom stereocenters. The Hall–Kier alpha value is -1.56. The number of nitrogens with zero attached hydrogens (tertiary/aromatic N) is 3. The first-order valence-electron chi connectivity index (χ1n) is 6.80. The predicted molar refractivity (Wildman–Crippen MR) is 77.3 cm³/mol. The number of amides is 2. The zero-order valence-electron chi connectivity index (χ0n) is 12.3. The zero-order chi connectivity index (χ0) is 14.3. The summed E-state index contributed by atoms with van der Waals surface area (Å²) < 4.78 is 1.83. The van der Waals surface area contributed by atoms with Gasteiger partial charge in [-0.3, -0.25) is 10.00 Å². The molecule has 6 nitrogen and oxygen atoms in total. The standard InChI is InChI=1S/C13H25N5O/c1-5-11(6-2)14-13(19)15-12-7-8-18(16-12)10-9-17(3)4/h7-8,11H,5-6,9-10H2,1-4H3,(H2,14,15,16,19). The van der Waals surface area contributed by atoms with Crippen molar-refractivity contribution in [1.82, 2.24) is 20.0 Å². The average Bonchev–Trinajstić information content (AvgIpc) is 2.81. The smallest absolute Gasteiger partial charge is 0.320 e. The molecule has 6 heteroatoms. The summed E-state index contributed by atoms with van der Waals surface area (Å²) in [5, 5.41) is 9.97. The molecule has 19 heavy (non-hydrogen) atoms. The number of urea groups is 1. The molecule has 1 heterocycles. The summed E-state index contributed by atoms with van der Waals surface area (Å²) in [7, 11) is 4.04. The van der Waals surface area contributed by atoms with Gasteiger partial charge < -0.3 is 10.2 Å². The van der Waals surface area contributed by atoms with Crippen molar-refractivity contribution in [3.63, 3.8) is 0 Å². The van der Waals surface area contributed by atoms with Gasteiger partial charge in [0.15, 0.2) is 5.82 Å². The molecule has 1 aromatic rings. The third kappa shape index (κ3) is 5.74. The molecule has 108 valence electrons. The molecule has 0 aliphatic carbocycles. The van der Waals surface area contributed by atoms with E-state index < -0.39 is 0 Å². The largest absolute Gasteiger partial charge is 0.335 e. The van der Waals surface area contributed by atoms with Gasteiger partial charge in [0.25, 0.3) is 0 Å². The number of anilines is 1. The normalized spacial score (nSPS) is 11.1. The van der Waals surface area contributed by atoms with Gasteiger partial charge in [-0.25, -0.2) is 4.79 Å². The van der Waals surface area contributed by atoms with E-state index in [-0.39, 0.29) is 12.1 Å². The summed E-state index contributed by atoms with van der Waals surface area (Å²) in [6.07, 6.45) is 3.73. The highest BCUT2D eigenvalue weighted by atomic mass is 16.2. The number of hydrogen-bond acceptors (Lipinski definition) is 3. The molecule has 0 bridgehead atoms. The quantitative estimate of drug-likeness (QED) is 0.791. The zero-order valence-corrected chi connectivity index (χ0v) is 12.3. The van der Waals surface area contributed by atoms with Gasteiger partial charge in [-0.15, -0.1) is 0 Å². The Balaban J connectivity index is 2.42. The highest BCUT2D eigenvalue weighted by Gasteiger charge is 2.09. The molecule has 0 saturated carbocycles. The molecule has 0 saturated heterocycles. The fraction of sp³-hybridized carbons (Fsp3) is 0.692. The average molecular weight is 267 g/mol. The molecule has 0 radical (unpaired) electrons. The number of carbonyl (C=O) groups excluding carboxylic acids is 1. The first-order valence-corrected chi connectivity index (χ1v) is 6.80. The molecule has 1 aromatic heterocycles. The van der Waals surface area contributed by atoms with Gasteiger partial charge in [-0.05, 0) is 26.9 Å². The molecular weight excluding hydrogens is 242 g/mol. The lowest BCUT2D eigenvalue weighted by Crippen LogP contribution is -2.37. The van der Waals surface area contributed by atoms with Crippen molar-refractivity contribution in [2.75, 3.05) is 26.0 Å². The summed E-state index contributed by atoms with van der Waals surface area (Å²) >= 11 is 0. The number of hydrogen-bond donors (Lipinski definition) is 2. The Morgan fingerprint density at radius 1 is 1.42 bits per heavy atom. The van der Waals surface area contributed by atoms with Crippen molar-refractivity contribution in [3.8, 4) is 0 Å². The first kappa shape index (κ1) is 15.5. The Morgan fingerprint density at radius 3 is 2.68 bits per heavy atom. The monoisotopic (exact) mass is 267 g/mol. The predicted octanol–water partition coefficient (Wildman–Crippen LogP) is 1.75. The minimum Gasteiger partial charge on any atom is -0.335 e. The second-order valence-electron chi connectivity index (χ2n) is 4.88. The molecule has 2 N–H and O–H groups in total. The van der Waals surface area contributed by atoms with Gasteiger partial charge in [0.1, 0.15) is 0 Å². The Morgan fingerprint density at radius 2 is 2.11 bits per heavy atom. The molecule has 0 unspecified atom stereocenters. The molecule has 1 rings (SSSR count). The van der Waals surface area contributed by atoms with Crippen molar-refractivity contribution < 1.29 is 4.79 Å². The van der Waals surface area contributed by atoms with Crippen LogP contribution in [-0.2, 0) is 6.54 Å². The molecule has 0 fully saturated rings. The van der Waals surface area contributed by atoms with Crippen molar-refractivity contribution >= 4 is 11.8 Å². The second kappa shape index (κ2) is 7.78. The number of likely N-dealkylation sites (N-methyl/N-ethyl adjacent to an activating group) is 1. The number of rotatable bonds is 7. The van der Waals surface area contributed by atoms with Crippen LogP contribution in [0, 0.1) is 0 Å². The van der Waals surface area contributed by atoms with Gasteiger partial charge in [0.2, 0.25) is 0 Å². The number of aromatic nitrogens is 2. The lowest BCUT2D eigenvalue weighted by atomic mass is 10.2. The fourth-order valence-corrected chi connectivity index (χ4v) is 1.69. The summed E-state index contributed by atoms with van der Waals surface area (Å²) in [6, 6.07) is 1.84. The van der Waals surface area contributed by atoms with E-state index in [0.29, 0.717) is 5.82 Å². The maximum absolute atomic E-state index is 11.7. The summed E-state index contributed by atoms with van der Waals surface area (Å²) in [4.78, 5) is 13.8. The summed E-state index contributed by atoms with van der Waals surface area (Å²) in [5.74, 6) is 0.585.